The van der Waals surface area contributed by atoms with E-state index in [1.165, 1.54) is 0 Å². The number of fused-ring (bicyclic) bond motifs is 1. The van der Waals surface area contributed by atoms with E-state index in [2.05, 4.69) is 10.3 Å². The van der Waals surface area contributed by atoms with Gasteiger partial charge in [0.1, 0.15) is 10.1 Å². The number of amides is 2. The van der Waals surface area contributed by atoms with Gasteiger partial charge in [0.2, 0.25) is 0 Å². The molecule has 1 N–H and O–H groups in total. The molecule has 2 amide bonds. The minimum Gasteiger partial charge on any atom is -0.431 e. The van der Waals surface area contributed by atoms with Gasteiger partial charge in [-0.3, -0.25) is 14.9 Å². The molecule has 3 rings (SSSR count). The van der Waals surface area contributed by atoms with Crippen molar-refractivity contribution < 1.29 is 14.0 Å². The van der Waals surface area contributed by atoms with Gasteiger partial charge in [-0.15, -0.1) is 0 Å². The Hall–Kier alpha value is -1.47. The van der Waals surface area contributed by atoms with Crippen molar-refractivity contribution in [3.63, 3.8) is 0 Å². The van der Waals surface area contributed by atoms with Crippen LogP contribution >= 0.6 is 23.5 Å². The van der Waals surface area contributed by atoms with Crippen LogP contribution in [0, 0.1) is 0 Å². The molecule has 5 nitrogen and oxygen atoms in total. The van der Waals surface area contributed by atoms with E-state index in [-0.39, 0.29) is 11.1 Å². The SMILES string of the molecule is O=C1NC(=O)C(Sc2nc3ccccc3o2)S1. The number of para-hydroxylation sites is 2. The molecule has 1 atom stereocenters. The topological polar surface area (TPSA) is 72.2 Å². The quantitative estimate of drug-likeness (QED) is 0.898. The third kappa shape index (κ3) is 2.03. The van der Waals surface area contributed by atoms with Gasteiger partial charge in [-0.05, 0) is 35.7 Å². The number of rotatable bonds is 2. The van der Waals surface area contributed by atoms with Crippen LogP contribution in [0.4, 0.5) is 4.79 Å². The highest BCUT2D eigenvalue weighted by atomic mass is 32.2. The zero-order valence-electron chi connectivity index (χ0n) is 8.38. The van der Waals surface area contributed by atoms with Gasteiger partial charge in [0, 0.05) is 0 Å². The summed E-state index contributed by atoms with van der Waals surface area (Å²) in [6.07, 6.45) is 0. The van der Waals surface area contributed by atoms with Crippen LogP contribution in [0.2, 0.25) is 0 Å². The number of hydrogen-bond donors (Lipinski definition) is 1. The van der Waals surface area contributed by atoms with E-state index in [9.17, 15) is 9.59 Å². The molecule has 1 fully saturated rings. The van der Waals surface area contributed by atoms with Crippen molar-refractivity contribution >= 4 is 45.8 Å². The van der Waals surface area contributed by atoms with Crippen LogP contribution in [0.15, 0.2) is 33.9 Å². The molecule has 0 spiro atoms. The Morgan fingerprint density at radius 3 is 2.88 bits per heavy atom. The number of imide groups is 1. The highest BCUT2D eigenvalue weighted by molar-refractivity contribution is 8.26. The van der Waals surface area contributed by atoms with Gasteiger partial charge in [-0.25, -0.2) is 4.98 Å². The van der Waals surface area contributed by atoms with Crippen molar-refractivity contribution in [2.45, 2.75) is 9.80 Å². The average Bonchev–Trinajstić information content (AvgIpc) is 2.82. The van der Waals surface area contributed by atoms with Crippen LogP contribution < -0.4 is 5.32 Å². The largest absolute Gasteiger partial charge is 0.431 e. The maximum Gasteiger partial charge on any atom is 0.287 e. The number of nitrogens with one attached hydrogen (secondary N) is 1. The number of nitrogens with zero attached hydrogens (tertiary/aromatic N) is 1. The molecule has 0 bridgehead atoms. The first-order valence-corrected chi connectivity index (χ1v) is 6.52. The minimum atomic E-state index is -0.518. The van der Waals surface area contributed by atoms with Crippen molar-refractivity contribution in [2.24, 2.45) is 0 Å². The first-order valence-electron chi connectivity index (χ1n) is 4.76. The predicted octanol–water partition coefficient (Wildman–Crippen LogP) is 2.23. The van der Waals surface area contributed by atoms with Crippen molar-refractivity contribution in [3.8, 4) is 0 Å². The molecule has 0 radical (unpaired) electrons. The van der Waals surface area contributed by atoms with Gasteiger partial charge in [0.15, 0.2) is 5.58 Å². The summed E-state index contributed by atoms with van der Waals surface area (Å²) in [7, 11) is 0. The van der Waals surface area contributed by atoms with Gasteiger partial charge in [-0.1, -0.05) is 12.1 Å². The molecule has 2 aromatic rings. The molecule has 1 aromatic carbocycles. The fraction of sp³-hybridized carbons (Fsp3) is 0.100. The maximum atomic E-state index is 11.4. The zero-order chi connectivity index (χ0) is 11.8. The Balaban J connectivity index is 1.85. The Morgan fingerprint density at radius 1 is 1.35 bits per heavy atom. The number of hydrogen-bond acceptors (Lipinski definition) is 6. The molecule has 1 unspecified atom stereocenters. The number of carbonyl (C=O) groups is 2. The second-order valence-corrected chi connectivity index (χ2v) is 5.72. The lowest BCUT2D eigenvalue weighted by Gasteiger charge is -1.98. The van der Waals surface area contributed by atoms with E-state index in [1.807, 2.05) is 18.2 Å². The third-order valence-corrected chi connectivity index (χ3v) is 4.26. The summed E-state index contributed by atoms with van der Waals surface area (Å²) in [5.41, 5.74) is 1.41. The van der Waals surface area contributed by atoms with Crippen LogP contribution in [0.3, 0.4) is 0 Å². The fourth-order valence-electron chi connectivity index (χ4n) is 1.41. The van der Waals surface area contributed by atoms with Gasteiger partial charge in [0.25, 0.3) is 16.4 Å². The monoisotopic (exact) mass is 266 g/mol. The highest BCUT2D eigenvalue weighted by Crippen LogP contribution is 2.35. The van der Waals surface area contributed by atoms with Crippen molar-refractivity contribution in [3.05, 3.63) is 24.3 Å². The summed E-state index contributed by atoms with van der Waals surface area (Å²) < 4.78 is 4.94. The molecule has 1 saturated heterocycles. The number of benzene rings is 1. The van der Waals surface area contributed by atoms with Gasteiger partial charge in [-0.2, -0.15) is 0 Å². The van der Waals surface area contributed by atoms with Crippen molar-refractivity contribution in [1.82, 2.24) is 10.3 Å². The second kappa shape index (κ2) is 4.08. The average molecular weight is 266 g/mol. The lowest BCUT2D eigenvalue weighted by Crippen LogP contribution is -2.22. The molecular weight excluding hydrogens is 260 g/mol. The van der Waals surface area contributed by atoms with Gasteiger partial charge < -0.3 is 4.42 Å². The smallest absolute Gasteiger partial charge is 0.287 e. The first kappa shape index (κ1) is 10.7. The molecule has 2 heterocycles. The molecular formula is C10H6N2O3S2. The Labute approximate surface area is 104 Å². The Kier molecular flexibility index (Phi) is 2.56. The van der Waals surface area contributed by atoms with Crippen LogP contribution in [0.1, 0.15) is 0 Å². The Bertz CT molecular complexity index is 577. The summed E-state index contributed by atoms with van der Waals surface area (Å²) in [5.74, 6) is -0.313. The number of carbonyl (C=O) groups excluding carboxylic acids is 2. The summed E-state index contributed by atoms with van der Waals surface area (Å²) in [6, 6.07) is 7.34. The zero-order valence-corrected chi connectivity index (χ0v) is 10.0. The molecule has 1 aliphatic rings. The predicted molar refractivity (Wildman–Crippen MR) is 64.8 cm³/mol. The van der Waals surface area contributed by atoms with Crippen molar-refractivity contribution in [2.75, 3.05) is 0 Å². The minimum absolute atomic E-state index is 0.313. The standard InChI is InChI=1S/C10H6N2O3S2/c13-7-8(16-9(14)12-7)17-10-11-5-3-1-2-4-6(5)15-10/h1-4,8H,(H,12,13,14). The van der Waals surface area contributed by atoms with Crippen LogP contribution in [-0.4, -0.2) is 20.7 Å². The number of aromatic nitrogens is 1. The van der Waals surface area contributed by atoms with Gasteiger partial charge in [0.05, 0.1) is 0 Å². The molecule has 7 heteroatoms. The van der Waals surface area contributed by atoms with E-state index < -0.39 is 4.58 Å². The molecule has 1 aliphatic heterocycles. The van der Waals surface area contributed by atoms with Crippen molar-refractivity contribution in [1.29, 1.82) is 0 Å². The number of thioether (sulfide) groups is 2. The summed E-state index contributed by atoms with van der Waals surface area (Å²) in [4.78, 5) is 26.6. The first-order chi connectivity index (χ1) is 8.22. The summed E-state index contributed by atoms with van der Waals surface area (Å²) in [5, 5.41) is 2.28. The van der Waals surface area contributed by atoms with E-state index in [1.54, 1.807) is 6.07 Å². The molecule has 86 valence electrons. The maximum absolute atomic E-state index is 11.4. The lowest BCUT2D eigenvalue weighted by molar-refractivity contribution is -0.117. The van der Waals surface area contributed by atoms with E-state index in [4.69, 9.17) is 4.42 Å². The molecule has 0 aliphatic carbocycles. The van der Waals surface area contributed by atoms with E-state index >= 15 is 0 Å². The lowest BCUT2D eigenvalue weighted by atomic mass is 10.3. The molecule has 1 aromatic heterocycles. The number of oxazole rings is 1. The van der Waals surface area contributed by atoms with E-state index in [0.717, 1.165) is 29.0 Å². The fourth-order valence-corrected chi connectivity index (χ4v) is 3.27. The third-order valence-electron chi connectivity index (χ3n) is 2.14. The Morgan fingerprint density at radius 2 is 2.18 bits per heavy atom. The van der Waals surface area contributed by atoms with Gasteiger partial charge >= 0.3 is 0 Å². The summed E-state index contributed by atoms with van der Waals surface area (Å²) >= 11 is 2.08. The second-order valence-electron chi connectivity index (χ2n) is 3.29. The van der Waals surface area contributed by atoms with E-state index in [0.29, 0.717) is 10.8 Å². The molecule has 17 heavy (non-hydrogen) atoms. The molecule has 0 saturated carbocycles. The van der Waals surface area contributed by atoms with Crippen LogP contribution in [0.25, 0.3) is 11.1 Å². The highest BCUT2D eigenvalue weighted by Gasteiger charge is 2.33. The van der Waals surface area contributed by atoms with Crippen LogP contribution in [-0.2, 0) is 4.79 Å². The summed E-state index contributed by atoms with van der Waals surface area (Å²) in [6.45, 7) is 0. The normalized spacial score (nSPS) is 19.9. The van der Waals surface area contributed by atoms with Crippen LogP contribution in [0.5, 0.6) is 0 Å².